The maximum atomic E-state index is 12.1. The number of ether oxygens (including phenoxy) is 1. The normalized spacial score (nSPS) is 18.5. The zero-order chi connectivity index (χ0) is 12.5. The van der Waals surface area contributed by atoms with Gasteiger partial charge in [0.2, 0.25) is 0 Å². The van der Waals surface area contributed by atoms with Gasteiger partial charge >= 0.3 is 0 Å². The molecule has 1 aliphatic rings. The third kappa shape index (κ3) is 1.89. The monoisotopic (exact) mass is 258 g/mol. The van der Waals surface area contributed by atoms with Crippen LogP contribution in [0.15, 0.2) is 36.4 Å². The molecule has 0 aliphatic carbocycles. The van der Waals surface area contributed by atoms with Crippen LogP contribution in [0.5, 0.6) is 5.75 Å². The standard InChI is InChI=1S/C15H14O2S/c1-2-18-14-9-13(16)12-8-7-10-5-3-4-6-11(10)15(12)17-14/h3-8,14H,2,9H2,1H3. The number of ketones is 1. The van der Waals surface area contributed by atoms with Crippen molar-refractivity contribution in [2.24, 2.45) is 0 Å². The first kappa shape index (κ1) is 11.6. The molecule has 1 heterocycles. The molecule has 2 aromatic carbocycles. The number of Topliss-reactive ketones (excluding diaryl/α,β-unsaturated/α-hetero) is 1. The average Bonchev–Trinajstić information content (AvgIpc) is 2.39. The summed E-state index contributed by atoms with van der Waals surface area (Å²) in [5.74, 6) is 1.90. The Morgan fingerprint density at radius 1 is 1.28 bits per heavy atom. The van der Waals surface area contributed by atoms with E-state index >= 15 is 0 Å². The summed E-state index contributed by atoms with van der Waals surface area (Å²) in [6, 6.07) is 11.9. The highest BCUT2D eigenvalue weighted by Gasteiger charge is 2.27. The molecule has 1 aliphatic heterocycles. The van der Waals surface area contributed by atoms with E-state index in [1.165, 1.54) is 0 Å². The number of hydrogen-bond donors (Lipinski definition) is 0. The van der Waals surface area contributed by atoms with Crippen LogP contribution in [0.1, 0.15) is 23.7 Å². The van der Waals surface area contributed by atoms with E-state index in [1.54, 1.807) is 11.8 Å². The van der Waals surface area contributed by atoms with Crippen LogP contribution in [0.3, 0.4) is 0 Å². The van der Waals surface area contributed by atoms with E-state index in [9.17, 15) is 4.79 Å². The molecule has 92 valence electrons. The van der Waals surface area contributed by atoms with E-state index in [0.717, 1.165) is 27.8 Å². The summed E-state index contributed by atoms with van der Waals surface area (Å²) in [7, 11) is 0. The van der Waals surface area contributed by atoms with Crippen molar-refractivity contribution in [1.82, 2.24) is 0 Å². The van der Waals surface area contributed by atoms with Gasteiger partial charge in [-0.25, -0.2) is 0 Å². The van der Waals surface area contributed by atoms with Gasteiger partial charge in [-0.15, -0.1) is 11.8 Å². The van der Waals surface area contributed by atoms with Gasteiger partial charge in [-0.1, -0.05) is 37.3 Å². The zero-order valence-electron chi connectivity index (χ0n) is 10.2. The highest BCUT2D eigenvalue weighted by Crippen LogP contribution is 2.37. The first-order valence-corrected chi connectivity index (χ1v) is 7.17. The Hall–Kier alpha value is -1.48. The average molecular weight is 258 g/mol. The highest BCUT2D eigenvalue weighted by atomic mass is 32.2. The molecule has 0 bridgehead atoms. The number of benzene rings is 2. The smallest absolute Gasteiger partial charge is 0.171 e. The Balaban J connectivity index is 2.14. The summed E-state index contributed by atoms with van der Waals surface area (Å²) in [4.78, 5) is 12.1. The largest absolute Gasteiger partial charge is 0.478 e. The second-order valence-corrected chi connectivity index (χ2v) is 5.73. The van der Waals surface area contributed by atoms with Gasteiger partial charge < -0.3 is 4.74 Å². The molecule has 0 radical (unpaired) electrons. The lowest BCUT2D eigenvalue weighted by Gasteiger charge is -2.25. The molecule has 1 unspecified atom stereocenters. The summed E-state index contributed by atoms with van der Waals surface area (Å²) in [6.07, 6.45) is 0.476. The second-order valence-electron chi connectivity index (χ2n) is 4.29. The van der Waals surface area contributed by atoms with Gasteiger partial charge in [0.15, 0.2) is 11.2 Å². The van der Waals surface area contributed by atoms with Crippen molar-refractivity contribution in [1.29, 1.82) is 0 Å². The van der Waals surface area contributed by atoms with Gasteiger partial charge in [0.25, 0.3) is 0 Å². The lowest BCUT2D eigenvalue weighted by Crippen LogP contribution is -2.24. The first-order chi connectivity index (χ1) is 8.79. The van der Waals surface area contributed by atoms with E-state index in [1.807, 2.05) is 36.4 Å². The van der Waals surface area contributed by atoms with Gasteiger partial charge in [0.05, 0.1) is 12.0 Å². The Morgan fingerprint density at radius 2 is 2.11 bits per heavy atom. The Morgan fingerprint density at radius 3 is 2.94 bits per heavy atom. The predicted molar refractivity (Wildman–Crippen MR) is 75.4 cm³/mol. The molecule has 1 atom stereocenters. The molecule has 0 fully saturated rings. The van der Waals surface area contributed by atoms with Crippen LogP contribution in [-0.4, -0.2) is 17.0 Å². The maximum Gasteiger partial charge on any atom is 0.171 e. The number of carbonyl (C=O) groups is 1. The van der Waals surface area contributed by atoms with Crippen molar-refractivity contribution >= 4 is 28.3 Å². The van der Waals surface area contributed by atoms with Crippen molar-refractivity contribution in [3.05, 3.63) is 42.0 Å². The minimum Gasteiger partial charge on any atom is -0.478 e. The van der Waals surface area contributed by atoms with E-state index in [0.29, 0.717) is 6.42 Å². The van der Waals surface area contributed by atoms with E-state index in [4.69, 9.17) is 4.74 Å². The molecule has 2 nitrogen and oxygen atoms in total. The Bertz CT molecular complexity index is 606. The van der Waals surface area contributed by atoms with Crippen molar-refractivity contribution < 1.29 is 9.53 Å². The van der Waals surface area contributed by atoms with Crippen molar-refractivity contribution in [3.63, 3.8) is 0 Å². The fraction of sp³-hybridized carbons (Fsp3) is 0.267. The molecule has 3 rings (SSSR count). The third-order valence-corrected chi connectivity index (χ3v) is 4.10. The highest BCUT2D eigenvalue weighted by molar-refractivity contribution is 7.99. The van der Waals surface area contributed by atoms with Crippen molar-refractivity contribution in [2.45, 2.75) is 18.8 Å². The lowest BCUT2D eigenvalue weighted by atomic mass is 9.99. The van der Waals surface area contributed by atoms with Crippen LogP contribution in [0.4, 0.5) is 0 Å². The Kier molecular flexibility index (Phi) is 3.00. The number of fused-ring (bicyclic) bond motifs is 3. The van der Waals surface area contributed by atoms with E-state index in [-0.39, 0.29) is 11.2 Å². The van der Waals surface area contributed by atoms with Crippen LogP contribution < -0.4 is 4.74 Å². The minimum absolute atomic E-state index is 0.0409. The molecule has 18 heavy (non-hydrogen) atoms. The first-order valence-electron chi connectivity index (χ1n) is 6.13. The van der Waals surface area contributed by atoms with Crippen LogP contribution in [0, 0.1) is 0 Å². The summed E-state index contributed by atoms with van der Waals surface area (Å²) < 4.78 is 6.00. The minimum atomic E-state index is -0.0409. The molecule has 0 saturated carbocycles. The zero-order valence-corrected chi connectivity index (χ0v) is 11.0. The quantitative estimate of drug-likeness (QED) is 0.817. The van der Waals surface area contributed by atoms with E-state index in [2.05, 4.69) is 6.92 Å². The second kappa shape index (κ2) is 4.65. The fourth-order valence-electron chi connectivity index (χ4n) is 2.30. The molecule has 3 heteroatoms. The number of rotatable bonds is 2. The predicted octanol–water partition coefficient (Wildman–Crippen LogP) is 3.88. The Labute approximate surface area is 110 Å². The lowest BCUT2D eigenvalue weighted by molar-refractivity contribution is 0.0919. The summed E-state index contributed by atoms with van der Waals surface area (Å²) in [5.41, 5.74) is 0.683. The van der Waals surface area contributed by atoms with E-state index < -0.39 is 0 Å². The van der Waals surface area contributed by atoms with Gasteiger partial charge in [-0.05, 0) is 17.2 Å². The molecule has 0 amide bonds. The molecule has 0 saturated heterocycles. The number of thioether (sulfide) groups is 1. The summed E-state index contributed by atoms with van der Waals surface area (Å²) in [6.45, 7) is 2.08. The number of carbonyl (C=O) groups excluding carboxylic acids is 1. The van der Waals surface area contributed by atoms with Crippen LogP contribution in [-0.2, 0) is 0 Å². The molecular weight excluding hydrogens is 244 g/mol. The molecule has 0 aromatic heterocycles. The summed E-state index contributed by atoms with van der Waals surface area (Å²) >= 11 is 1.69. The number of hydrogen-bond acceptors (Lipinski definition) is 3. The maximum absolute atomic E-state index is 12.1. The summed E-state index contributed by atoms with van der Waals surface area (Å²) in [5, 5.41) is 2.15. The van der Waals surface area contributed by atoms with Gasteiger partial charge in [-0.2, -0.15) is 0 Å². The molecule has 2 aromatic rings. The molecule has 0 spiro atoms. The van der Waals surface area contributed by atoms with Crippen LogP contribution in [0.2, 0.25) is 0 Å². The van der Waals surface area contributed by atoms with Crippen LogP contribution >= 0.6 is 11.8 Å². The van der Waals surface area contributed by atoms with Gasteiger partial charge in [0.1, 0.15) is 5.75 Å². The van der Waals surface area contributed by atoms with Crippen molar-refractivity contribution in [2.75, 3.05) is 5.75 Å². The van der Waals surface area contributed by atoms with Crippen LogP contribution in [0.25, 0.3) is 10.8 Å². The molecular formula is C15H14O2S. The molecule has 0 N–H and O–H groups in total. The topological polar surface area (TPSA) is 26.3 Å². The fourth-order valence-corrected chi connectivity index (χ4v) is 3.11. The third-order valence-electron chi connectivity index (χ3n) is 3.13. The van der Waals surface area contributed by atoms with Gasteiger partial charge in [-0.3, -0.25) is 4.79 Å². The SMILES string of the molecule is CCSC1CC(=O)c2ccc3ccccc3c2O1. The van der Waals surface area contributed by atoms with Crippen molar-refractivity contribution in [3.8, 4) is 5.75 Å². The van der Waals surface area contributed by atoms with Gasteiger partial charge in [0, 0.05) is 5.39 Å².